The predicted molar refractivity (Wildman–Crippen MR) is 65.6 cm³/mol. The Morgan fingerprint density at radius 3 is 3.06 bits per heavy atom. The average molecular weight is 254 g/mol. The molecule has 0 saturated carbocycles. The standard InChI is InChI=1S/C12H18N2O4/c1-2-7-17-8-9-3-4-11(18-9)14-6-5-10(15)13-12(14)16/h5-6,9,11H,2-4,7-8H2,1H3,(H,13,15,16)/t9-,11+/m1/s1. The number of nitrogens with one attached hydrogen (secondary N) is 1. The zero-order valence-electron chi connectivity index (χ0n) is 10.4. The summed E-state index contributed by atoms with van der Waals surface area (Å²) in [6, 6.07) is 1.33. The van der Waals surface area contributed by atoms with Gasteiger partial charge in [-0.1, -0.05) is 6.92 Å². The van der Waals surface area contributed by atoms with Gasteiger partial charge >= 0.3 is 5.69 Å². The van der Waals surface area contributed by atoms with Crippen molar-refractivity contribution in [3.8, 4) is 0 Å². The summed E-state index contributed by atoms with van der Waals surface area (Å²) in [6.45, 7) is 3.34. The van der Waals surface area contributed by atoms with Gasteiger partial charge in [0.05, 0.1) is 12.7 Å². The summed E-state index contributed by atoms with van der Waals surface area (Å²) < 4.78 is 12.6. The molecule has 6 heteroatoms. The van der Waals surface area contributed by atoms with Crippen molar-refractivity contribution >= 4 is 0 Å². The largest absolute Gasteiger partial charge is 0.379 e. The molecule has 2 atom stereocenters. The number of aromatic amines is 1. The Morgan fingerprint density at radius 1 is 1.50 bits per heavy atom. The van der Waals surface area contributed by atoms with Crippen molar-refractivity contribution in [1.82, 2.24) is 9.55 Å². The maximum Gasteiger partial charge on any atom is 0.330 e. The zero-order chi connectivity index (χ0) is 13.0. The van der Waals surface area contributed by atoms with E-state index in [9.17, 15) is 9.59 Å². The van der Waals surface area contributed by atoms with Crippen molar-refractivity contribution in [3.05, 3.63) is 33.1 Å². The van der Waals surface area contributed by atoms with Gasteiger partial charge in [0.2, 0.25) is 0 Å². The molecule has 0 aliphatic carbocycles. The molecule has 0 spiro atoms. The molecule has 0 bridgehead atoms. The zero-order valence-corrected chi connectivity index (χ0v) is 10.4. The Kier molecular flexibility index (Phi) is 4.33. The van der Waals surface area contributed by atoms with E-state index in [1.807, 2.05) is 0 Å². The molecule has 1 aromatic heterocycles. The Labute approximate surface area is 105 Å². The van der Waals surface area contributed by atoms with Crippen LogP contribution in [0, 0.1) is 0 Å². The van der Waals surface area contributed by atoms with E-state index < -0.39 is 11.2 Å². The Bertz CT molecular complexity index is 493. The van der Waals surface area contributed by atoms with E-state index in [1.165, 1.54) is 16.8 Å². The first-order valence-electron chi connectivity index (χ1n) is 6.25. The lowest BCUT2D eigenvalue weighted by Crippen LogP contribution is -2.31. The molecule has 2 heterocycles. The Balaban J connectivity index is 1.96. The van der Waals surface area contributed by atoms with Crippen LogP contribution in [0.25, 0.3) is 0 Å². The number of H-pyrrole nitrogens is 1. The molecule has 100 valence electrons. The topological polar surface area (TPSA) is 73.3 Å². The highest BCUT2D eigenvalue weighted by Crippen LogP contribution is 2.26. The Morgan fingerprint density at radius 2 is 2.33 bits per heavy atom. The van der Waals surface area contributed by atoms with Gasteiger partial charge in [-0.25, -0.2) is 4.79 Å². The number of hydrogen-bond donors (Lipinski definition) is 1. The summed E-state index contributed by atoms with van der Waals surface area (Å²) in [6.07, 6.45) is 3.80. The van der Waals surface area contributed by atoms with E-state index >= 15 is 0 Å². The summed E-state index contributed by atoms with van der Waals surface area (Å²) in [5.41, 5.74) is -0.820. The summed E-state index contributed by atoms with van der Waals surface area (Å²) >= 11 is 0. The molecular formula is C12H18N2O4. The van der Waals surface area contributed by atoms with Crippen molar-refractivity contribution in [1.29, 1.82) is 0 Å². The first kappa shape index (κ1) is 13.0. The van der Waals surface area contributed by atoms with E-state index in [1.54, 1.807) is 0 Å². The third-order valence-corrected chi connectivity index (χ3v) is 2.90. The van der Waals surface area contributed by atoms with Crippen molar-refractivity contribution < 1.29 is 9.47 Å². The molecule has 2 rings (SSSR count). The van der Waals surface area contributed by atoms with Gasteiger partial charge in [-0.2, -0.15) is 0 Å². The normalized spacial score (nSPS) is 23.4. The second-order valence-electron chi connectivity index (χ2n) is 4.38. The summed E-state index contributed by atoms with van der Waals surface area (Å²) in [7, 11) is 0. The van der Waals surface area contributed by atoms with Crippen LogP contribution < -0.4 is 11.2 Å². The summed E-state index contributed by atoms with van der Waals surface area (Å²) in [4.78, 5) is 24.8. The van der Waals surface area contributed by atoms with Crippen LogP contribution in [0.1, 0.15) is 32.4 Å². The van der Waals surface area contributed by atoms with Crippen LogP contribution >= 0.6 is 0 Å². The van der Waals surface area contributed by atoms with Crippen LogP contribution in [-0.2, 0) is 9.47 Å². The van der Waals surface area contributed by atoms with Crippen molar-refractivity contribution in [2.45, 2.75) is 38.5 Å². The molecule has 1 N–H and O–H groups in total. The van der Waals surface area contributed by atoms with Gasteiger partial charge in [0, 0.05) is 18.9 Å². The molecule has 18 heavy (non-hydrogen) atoms. The lowest BCUT2D eigenvalue weighted by Gasteiger charge is -2.15. The smallest absolute Gasteiger partial charge is 0.330 e. The van der Waals surface area contributed by atoms with Crippen molar-refractivity contribution in [3.63, 3.8) is 0 Å². The van der Waals surface area contributed by atoms with Gasteiger partial charge < -0.3 is 9.47 Å². The fourth-order valence-corrected chi connectivity index (χ4v) is 2.03. The predicted octanol–water partition coefficient (Wildman–Crippen LogP) is 0.641. The van der Waals surface area contributed by atoms with E-state index in [0.717, 1.165) is 25.9 Å². The second-order valence-corrected chi connectivity index (χ2v) is 4.38. The van der Waals surface area contributed by atoms with Gasteiger partial charge in [-0.05, 0) is 19.3 Å². The van der Waals surface area contributed by atoms with Crippen LogP contribution in [0.5, 0.6) is 0 Å². The van der Waals surface area contributed by atoms with Crippen LogP contribution in [0.4, 0.5) is 0 Å². The average Bonchev–Trinajstić information content (AvgIpc) is 2.78. The molecule has 0 radical (unpaired) electrons. The van der Waals surface area contributed by atoms with E-state index in [4.69, 9.17) is 9.47 Å². The quantitative estimate of drug-likeness (QED) is 0.783. The van der Waals surface area contributed by atoms with Crippen molar-refractivity contribution in [2.75, 3.05) is 13.2 Å². The van der Waals surface area contributed by atoms with Gasteiger partial charge in [-0.15, -0.1) is 0 Å². The summed E-state index contributed by atoms with van der Waals surface area (Å²) in [5, 5.41) is 0. The summed E-state index contributed by atoms with van der Waals surface area (Å²) in [5.74, 6) is 0. The number of ether oxygens (including phenoxy) is 2. The monoisotopic (exact) mass is 254 g/mol. The number of nitrogens with zero attached hydrogens (tertiary/aromatic N) is 1. The molecule has 0 aromatic carbocycles. The molecule has 0 amide bonds. The molecule has 1 aliphatic rings. The third-order valence-electron chi connectivity index (χ3n) is 2.90. The first-order chi connectivity index (χ1) is 8.70. The minimum absolute atomic E-state index is 0.0281. The highest BCUT2D eigenvalue weighted by Gasteiger charge is 2.27. The minimum atomic E-state index is -0.428. The number of rotatable bonds is 5. The van der Waals surface area contributed by atoms with Gasteiger partial charge in [0.1, 0.15) is 6.23 Å². The minimum Gasteiger partial charge on any atom is -0.379 e. The van der Waals surface area contributed by atoms with Crippen LogP contribution in [0.15, 0.2) is 21.9 Å². The second kappa shape index (κ2) is 5.97. The highest BCUT2D eigenvalue weighted by molar-refractivity contribution is 4.85. The fraction of sp³-hybridized carbons (Fsp3) is 0.667. The van der Waals surface area contributed by atoms with Gasteiger partial charge in [-0.3, -0.25) is 14.3 Å². The SMILES string of the molecule is CCCOC[C@H]1CC[C@@H](n2ccc(=O)[nH]c2=O)O1. The van der Waals surface area contributed by atoms with E-state index in [0.29, 0.717) is 6.61 Å². The molecular weight excluding hydrogens is 236 g/mol. The van der Waals surface area contributed by atoms with Crippen LogP contribution in [-0.4, -0.2) is 28.9 Å². The Hall–Kier alpha value is -1.40. The number of aromatic nitrogens is 2. The maximum absolute atomic E-state index is 11.6. The third kappa shape index (κ3) is 3.08. The first-order valence-corrected chi connectivity index (χ1v) is 6.25. The van der Waals surface area contributed by atoms with Crippen LogP contribution in [0.3, 0.4) is 0 Å². The molecule has 1 fully saturated rings. The lowest BCUT2D eigenvalue weighted by molar-refractivity contribution is -0.0427. The fourth-order valence-electron chi connectivity index (χ4n) is 2.03. The molecule has 1 aliphatic heterocycles. The molecule has 6 nitrogen and oxygen atoms in total. The molecule has 1 saturated heterocycles. The number of hydrogen-bond acceptors (Lipinski definition) is 4. The maximum atomic E-state index is 11.6. The van der Waals surface area contributed by atoms with Gasteiger partial charge in [0.25, 0.3) is 5.56 Å². The van der Waals surface area contributed by atoms with Crippen molar-refractivity contribution in [2.24, 2.45) is 0 Å². The molecule has 0 unspecified atom stereocenters. The molecule has 1 aromatic rings. The van der Waals surface area contributed by atoms with Crippen LogP contribution in [0.2, 0.25) is 0 Å². The van der Waals surface area contributed by atoms with E-state index in [-0.39, 0.29) is 12.3 Å². The van der Waals surface area contributed by atoms with Gasteiger partial charge in [0.15, 0.2) is 0 Å². The van der Waals surface area contributed by atoms with E-state index in [2.05, 4.69) is 11.9 Å². The lowest BCUT2D eigenvalue weighted by atomic mass is 10.2. The highest BCUT2D eigenvalue weighted by atomic mass is 16.5.